The van der Waals surface area contributed by atoms with Crippen molar-refractivity contribution in [2.24, 2.45) is 0 Å². The van der Waals surface area contributed by atoms with E-state index in [2.05, 4.69) is 74.9 Å². The van der Waals surface area contributed by atoms with Crippen LogP contribution in [0.5, 0.6) is 0 Å². The van der Waals surface area contributed by atoms with Crippen LogP contribution in [0.3, 0.4) is 0 Å². The van der Waals surface area contributed by atoms with E-state index in [0.29, 0.717) is 6.04 Å². The Morgan fingerprint density at radius 1 is 1.05 bits per heavy atom. The molecule has 0 fully saturated rings. The van der Waals surface area contributed by atoms with Crippen molar-refractivity contribution < 1.29 is 0 Å². The van der Waals surface area contributed by atoms with Gasteiger partial charge in [0.05, 0.1) is 6.04 Å². The topological polar surface area (TPSA) is 27.8 Å². The summed E-state index contributed by atoms with van der Waals surface area (Å²) in [7, 11) is 0. The van der Waals surface area contributed by atoms with Gasteiger partial charge in [0.25, 0.3) is 0 Å². The number of nitrogens with one attached hydrogen (secondary N) is 2. The number of hydrogen-bond acceptors (Lipinski definition) is 1. The van der Waals surface area contributed by atoms with Gasteiger partial charge in [-0.1, -0.05) is 40.2 Å². The second-order valence-corrected chi connectivity index (χ2v) is 5.81. The summed E-state index contributed by atoms with van der Waals surface area (Å²) in [5, 5.41) is 4.93. The van der Waals surface area contributed by atoms with E-state index in [1.54, 1.807) is 0 Å². The summed E-state index contributed by atoms with van der Waals surface area (Å²) in [5.41, 5.74) is 5.16. The van der Waals surface area contributed by atoms with E-state index in [4.69, 9.17) is 0 Å². The summed E-state index contributed by atoms with van der Waals surface area (Å²) in [6, 6.07) is 15.1. The van der Waals surface area contributed by atoms with E-state index in [-0.39, 0.29) is 0 Å². The molecule has 0 bridgehead atoms. The van der Waals surface area contributed by atoms with Crippen molar-refractivity contribution in [3.8, 4) is 0 Å². The third kappa shape index (κ3) is 1.69. The largest absolute Gasteiger partial charge is 0.378 e. The van der Waals surface area contributed by atoms with Crippen LogP contribution in [0, 0.1) is 0 Å². The van der Waals surface area contributed by atoms with E-state index >= 15 is 0 Å². The molecule has 2 N–H and O–H groups in total. The van der Waals surface area contributed by atoms with Gasteiger partial charge in [-0.05, 0) is 35.7 Å². The summed E-state index contributed by atoms with van der Waals surface area (Å²) in [6.45, 7) is 0. The molecule has 0 amide bonds. The first-order valence-corrected chi connectivity index (χ1v) is 7.22. The molecular weight excluding hydrogens is 300 g/mol. The summed E-state index contributed by atoms with van der Waals surface area (Å²) in [4.78, 5) is 3.35. The van der Waals surface area contributed by atoms with Crippen LogP contribution in [-0.4, -0.2) is 4.98 Å². The highest BCUT2D eigenvalue weighted by atomic mass is 79.9. The first-order valence-electron chi connectivity index (χ1n) is 6.43. The van der Waals surface area contributed by atoms with Crippen LogP contribution >= 0.6 is 15.9 Å². The number of aromatic nitrogens is 1. The Balaban J connectivity index is 1.78. The van der Waals surface area contributed by atoms with E-state index in [0.717, 1.165) is 6.42 Å². The monoisotopic (exact) mass is 312 g/mol. The smallest absolute Gasteiger partial charge is 0.0576 e. The number of rotatable bonds is 1. The summed E-state index contributed by atoms with van der Waals surface area (Å²) in [6.07, 6.45) is 3.15. The van der Waals surface area contributed by atoms with E-state index < -0.39 is 0 Å². The molecule has 1 aliphatic rings. The molecule has 3 heteroatoms. The van der Waals surface area contributed by atoms with Crippen molar-refractivity contribution in [3.05, 3.63) is 64.3 Å². The SMILES string of the molecule is Brc1cccc2c1CC(c1c[nH]c3ccccc13)N2. The molecule has 4 rings (SSSR count). The van der Waals surface area contributed by atoms with Crippen LogP contribution in [0.25, 0.3) is 10.9 Å². The van der Waals surface area contributed by atoms with Gasteiger partial charge < -0.3 is 10.3 Å². The van der Waals surface area contributed by atoms with Gasteiger partial charge >= 0.3 is 0 Å². The van der Waals surface area contributed by atoms with Gasteiger partial charge in [0.2, 0.25) is 0 Å². The highest BCUT2D eigenvalue weighted by Crippen LogP contribution is 2.39. The van der Waals surface area contributed by atoms with Gasteiger partial charge in [0.15, 0.2) is 0 Å². The predicted molar refractivity (Wildman–Crippen MR) is 82.5 cm³/mol. The minimum Gasteiger partial charge on any atom is -0.378 e. The molecule has 19 heavy (non-hydrogen) atoms. The third-order valence-electron chi connectivity index (χ3n) is 3.85. The van der Waals surface area contributed by atoms with Gasteiger partial charge in [-0.15, -0.1) is 0 Å². The number of halogens is 1. The lowest BCUT2D eigenvalue weighted by Gasteiger charge is -2.10. The Kier molecular flexibility index (Phi) is 2.42. The number of aromatic amines is 1. The minimum atomic E-state index is 0.352. The van der Waals surface area contributed by atoms with Gasteiger partial charge in [0, 0.05) is 27.3 Å². The van der Waals surface area contributed by atoms with E-state index in [1.165, 1.54) is 32.2 Å². The second-order valence-electron chi connectivity index (χ2n) is 4.96. The number of fused-ring (bicyclic) bond motifs is 2. The average molecular weight is 313 g/mol. The van der Waals surface area contributed by atoms with Crippen LogP contribution < -0.4 is 5.32 Å². The highest BCUT2D eigenvalue weighted by molar-refractivity contribution is 9.10. The molecule has 0 spiro atoms. The molecule has 0 saturated carbocycles. The van der Waals surface area contributed by atoms with Crippen LogP contribution in [0.1, 0.15) is 17.2 Å². The molecule has 1 atom stereocenters. The zero-order valence-electron chi connectivity index (χ0n) is 10.3. The maximum atomic E-state index is 3.64. The molecule has 94 valence electrons. The lowest BCUT2D eigenvalue weighted by Crippen LogP contribution is -2.04. The molecule has 0 saturated heterocycles. The molecule has 0 aliphatic carbocycles. The Morgan fingerprint density at radius 3 is 2.84 bits per heavy atom. The zero-order valence-corrected chi connectivity index (χ0v) is 11.9. The number of hydrogen-bond donors (Lipinski definition) is 2. The third-order valence-corrected chi connectivity index (χ3v) is 4.60. The van der Waals surface area contributed by atoms with Gasteiger partial charge in [-0.2, -0.15) is 0 Å². The Hall–Kier alpha value is -1.74. The van der Waals surface area contributed by atoms with Crippen LogP contribution in [0.2, 0.25) is 0 Å². The van der Waals surface area contributed by atoms with Crippen molar-refractivity contribution in [1.82, 2.24) is 4.98 Å². The van der Waals surface area contributed by atoms with Gasteiger partial charge in [-0.25, -0.2) is 0 Å². The fourth-order valence-electron chi connectivity index (χ4n) is 2.91. The number of anilines is 1. The second kappa shape index (κ2) is 4.14. The van der Waals surface area contributed by atoms with Crippen molar-refractivity contribution >= 4 is 32.5 Å². The van der Waals surface area contributed by atoms with Gasteiger partial charge in [-0.3, -0.25) is 0 Å². The predicted octanol–water partition coefficient (Wildman–Crippen LogP) is 4.64. The highest BCUT2D eigenvalue weighted by Gasteiger charge is 2.25. The normalized spacial score (nSPS) is 17.4. The van der Waals surface area contributed by atoms with E-state index in [1.807, 2.05) is 0 Å². The molecule has 3 aromatic rings. The van der Waals surface area contributed by atoms with Crippen molar-refractivity contribution in [3.63, 3.8) is 0 Å². The quantitative estimate of drug-likeness (QED) is 0.673. The Labute approximate surface area is 120 Å². The Bertz CT molecular complexity index is 760. The zero-order chi connectivity index (χ0) is 12.8. The standard InChI is InChI=1S/C16H13BrN2/c17-13-5-3-7-15-11(13)8-16(19-15)12-9-18-14-6-2-1-4-10(12)14/h1-7,9,16,18-19H,8H2. The molecule has 2 aromatic carbocycles. The molecular formula is C16H13BrN2. The number of para-hydroxylation sites is 1. The lowest BCUT2D eigenvalue weighted by atomic mass is 10.0. The van der Waals surface area contributed by atoms with Gasteiger partial charge in [0.1, 0.15) is 0 Å². The lowest BCUT2D eigenvalue weighted by molar-refractivity contribution is 0.830. The van der Waals surface area contributed by atoms with E-state index in [9.17, 15) is 0 Å². The molecule has 1 unspecified atom stereocenters. The summed E-state index contributed by atoms with van der Waals surface area (Å²) >= 11 is 3.64. The molecule has 0 radical (unpaired) electrons. The molecule has 1 aliphatic heterocycles. The van der Waals surface area contributed by atoms with Crippen molar-refractivity contribution in [1.29, 1.82) is 0 Å². The maximum absolute atomic E-state index is 3.64. The Morgan fingerprint density at radius 2 is 1.95 bits per heavy atom. The van der Waals surface area contributed by atoms with Crippen molar-refractivity contribution in [2.75, 3.05) is 5.32 Å². The molecule has 1 aromatic heterocycles. The fraction of sp³-hybridized carbons (Fsp3) is 0.125. The number of H-pyrrole nitrogens is 1. The van der Waals surface area contributed by atoms with Crippen LogP contribution in [0.4, 0.5) is 5.69 Å². The molecule has 2 heterocycles. The number of benzene rings is 2. The minimum absolute atomic E-state index is 0.352. The maximum Gasteiger partial charge on any atom is 0.0576 e. The summed E-state index contributed by atoms with van der Waals surface area (Å²) in [5.74, 6) is 0. The molecule has 2 nitrogen and oxygen atoms in total. The first kappa shape index (κ1) is 11.1. The first-order chi connectivity index (χ1) is 9.33. The fourth-order valence-corrected chi connectivity index (χ4v) is 3.44. The van der Waals surface area contributed by atoms with Crippen LogP contribution in [-0.2, 0) is 6.42 Å². The average Bonchev–Trinajstić information content (AvgIpc) is 3.02. The van der Waals surface area contributed by atoms with Crippen LogP contribution in [0.15, 0.2) is 53.1 Å². The van der Waals surface area contributed by atoms with Crippen molar-refractivity contribution in [2.45, 2.75) is 12.5 Å². The summed E-state index contributed by atoms with van der Waals surface area (Å²) < 4.78 is 1.19.